The number of aliphatic carboxylic acids is 1. The summed E-state index contributed by atoms with van der Waals surface area (Å²) in [5.41, 5.74) is -1.02. The van der Waals surface area contributed by atoms with Crippen molar-refractivity contribution < 1.29 is 19.4 Å². The summed E-state index contributed by atoms with van der Waals surface area (Å²) >= 11 is 0. The Bertz CT molecular complexity index is 268. The minimum absolute atomic E-state index is 0.0193. The third-order valence-corrected chi connectivity index (χ3v) is 1.30. The molecule has 0 spiro atoms. The van der Waals surface area contributed by atoms with Gasteiger partial charge in [-0.3, -0.25) is 5.41 Å². The number of carbonyl (C=O) groups is 2. The third kappa shape index (κ3) is 7.48. The molecule has 3 N–H and O–H groups in total. The molecule has 0 aromatic carbocycles. The van der Waals surface area contributed by atoms with Crippen molar-refractivity contribution in [2.24, 2.45) is 0 Å². The van der Waals surface area contributed by atoms with Crippen LogP contribution in [0.2, 0.25) is 0 Å². The molecule has 0 aromatic rings. The van der Waals surface area contributed by atoms with Gasteiger partial charge in [0.2, 0.25) is 0 Å². The van der Waals surface area contributed by atoms with Crippen LogP contribution in [0.3, 0.4) is 0 Å². The Kier molecular flexibility index (Phi) is 4.77. The van der Waals surface area contributed by atoms with E-state index in [4.69, 9.17) is 15.3 Å². The van der Waals surface area contributed by atoms with Crippen LogP contribution in [0, 0.1) is 5.41 Å². The fourth-order valence-electron chi connectivity index (χ4n) is 0.711. The van der Waals surface area contributed by atoms with Gasteiger partial charge in [-0.25, -0.2) is 9.59 Å². The molecule has 0 saturated carbocycles. The lowest BCUT2D eigenvalue weighted by Crippen LogP contribution is -2.34. The SMILES string of the molecule is CC(C)(C)OC(=O)NCCC(=N)C(=O)O. The molecule has 6 heteroatoms. The maximum Gasteiger partial charge on any atom is 0.407 e. The molecule has 0 aliphatic carbocycles. The molecule has 0 fully saturated rings. The normalized spacial score (nSPS) is 10.6. The Labute approximate surface area is 88.1 Å². The average Bonchev–Trinajstić information content (AvgIpc) is 2.00. The molecular formula is C9H16N2O4. The average molecular weight is 216 g/mol. The maximum atomic E-state index is 11.1. The van der Waals surface area contributed by atoms with Gasteiger partial charge in [-0.15, -0.1) is 0 Å². The van der Waals surface area contributed by atoms with E-state index >= 15 is 0 Å². The molecule has 0 aromatic heterocycles. The van der Waals surface area contributed by atoms with Crippen LogP contribution in [0.5, 0.6) is 0 Å². The molecule has 86 valence electrons. The first-order chi connectivity index (χ1) is 6.72. The highest BCUT2D eigenvalue weighted by Gasteiger charge is 2.16. The molecule has 0 heterocycles. The largest absolute Gasteiger partial charge is 0.477 e. The molecule has 0 rings (SSSR count). The Balaban J connectivity index is 3.74. The summed E-state index contributed by atoms with van der Waals surface area (Å²) < 4.78 is 4.91. The fourth-order valence-corrected chi connectivity index (χ4v) is 0.711. The minimum Gasteiger partial charge on any atom is -0.477 e. The van der Waals surface area contributed by atoms with E-state index in [9.17, 15) is 9.59 Å². The topological polar surface area (TPSA) is 99.5 Å². The number of hydrogen-bond acceptors (Lipinski definition) is 4. The van der Waals surface area contributed by atoms with Gasteiger partial charge in [-0.05, 0) is 20.8 Å². The highest BCUT2D eigenvalue weighted by atomic mass is 16.6. The molecule has 6 nitrogen and oxygen atoms in total. The number of carboxylic acids is 1. The summed E-state index contributed by atoms with van der Waals surface area (Å²) in [5.74, 6) is -1.28. The van der Waals surface area contributed by atoms with Gasteiger partial charge in [-0.1, -0.05) is 0 Å². The van der Waals surface area contributed by atoms with E-state index in [1.54, 1.807) is 20.8 Å². The quantitative estimate of drug-likeness (QED) is 0.610. The van der Waals surface area contributed by atoms with Crippen LogP contribution in [0.1, 0.15) is 27.2 Å². The maximum absolute atomic E-state index is 11.1. The lowest BCUT2D eigenvalue weighted by molar-refractivity contribution is -0.129. The van der Waals surface area contributed by atoms with E-state index in [0.717, 1.165) is 0 Å². The predicted octanol–water partition coefficient (Wildman–Crippen LogP) is 1.01. The number of rotatable bonds is 4. The van der Waals surface area contributed by atoms with Crippen LogP contribution < -0.4 is 5.32 Å². The Morgan fingerprint density at radius 2 is 1.93 bits per heavy atom. The Morgan fingerprint density at radius 1 is 1.40 bits per heavy atom. The van der Waals surface area contributed by atoms with Crippen LogP contribution in [0.25, 0.3) is 0 Å². The van der Waals surface area contributed by atoms with Gasteiger partial charge in [-0.2, -0.15) is 0 Å². The number of amides is 1. The second-order valence-electron chi connectivity index (χ2n) is 3.96. The third-order valence-electron chi connectivity index (χ3n) is 1.30. The summed E-state index contributed by atoms with van der Waals surface area (Å²) in [6.45, 7) is 5.27. The van der Waals surface area contributed by atoms with Crippen molar-refractivity contribution in [2.75, 3.05) is 6.54 Å². The zero-order chi connectivity index (χ0) is 12.1. The van der Waals surface area contributed by atoms with Crippen molar-refractivity contribution in [3.05, 3.63) is 0 Å². The van der Waals surface area contributed by atoms with Crippen LogP contribution in [0.15, 0.2) is 0 Å². The van der Waals surface area contributed by atoms with E-state index in [2.05, 4.69) is 5.32 Å². The van der Waals surface area contributed by atoms with Crippen LogP contribution in [-0.2, 0) is 9.53 Å². The molecule has 1 amide bonds. The van der Waals surface area contributed by atoms with Crippen molar-refractivity contribution in [1.82, 2.24) is 5.32 Å². The number of alkyl carbamates (subject to hydrolysis) is 1. The molecular weight excluding hydrogens is 200 g/mol. The van der Waals surface area contributed by atoms with Gasteiger partial charge in [0, 0.05) is 13.0 Å². The summed E-state index contributed by atoms with van der Waals surface area (Å²) in [5, 5.41) is 17.7. The van der Waals surface area contributed by atoms with Crippen molar-refractivity contribution in [1.29, 1.82) is 5.41 Å². The van der Waals surface area contributed by atoms with E-state index in [1.165, 1.54) is 0 Å². The Morgan fingerprint density at radius 3 is 2.33 bits per heavy atom. The van der Waals surface area contributed by atoms with Crippen molar-refractivity contribution in [2.45, 2.75) is 32.8 Å². The number of ether oxygens (including phenoxy) is 1. The highest BCUT2D eigenvalue weighted by Crippen LogP contribution is 2.06. The van der Waals surface area contributed by atoms with E-state index < -0.39 is 23.4 Å². The summed E-state index contributed by atoms with van der Waals surface area (Å²) in [6, 6.07) is 0. The molecule has 0 radical (unpaired) electrons. The van der Waals surface area contributed by atoms with E-state index in [0.29, 0.717) is 0 Å². The summed E-state index contributed by atoms with van der Waals surface area (Å²) in [4.78, 5) is 21.3. The molecule has 0 saturated heterocycles. The zero-order valence-electron chi connectivity index (χ0n) is 9.09. The molecule has 0 aliphatic heterocycles. The Hall–Kier alpha value is -1.59. The fraction of sp³-hybridized carbons (Fsp3) is 0.667. The van der Waals surface area contributed by atoms with Crippen molar-refractivity contribution >= 4 is 17.8 Å². The molecule has 0 atom stereocenters. The van der Waals surface area contributed by atoms with Crippen molar-refractivity contribution in [3.63, 3.8) is 0 Å². The first kappa shape index (κ1) is 13.4. The van der Waals surface area contributed by atoms with E-state index in [1.807, 2.05) is 0 Å². The van der Waals surface area contributed by atoms with Crippen LogP contribution in [-0.4, -0.2) is 35.0 Å². The minimum atomic E-state index is -1.28. The van der Waals surface area contributed by atoms with Crippen LogP contribution >= 0.6 is 0 Å². The second kappa shape index (κ2) is 5.33. The molecule has 0 unspecified atom stereocenters. The molecule has 0 bridgehead atoms. The first-order valence-corrected chi connectivity index (χ1v) is 4.50. The molecule has 15 heavy (non-hydrogen) atoms. The van der Waals surface area contributed by atoms with Gasteiger partial charge in [0.1, 0.15) is 11.3 Å². The van der Waals surface area contributed by atoms with Gasteiger partial charge in [0.25, 0.3) is 0 Å². The monoisotopic (exact) mass is 216 g/mol. The predicted molar refractivity (Wildman–Crippen MR) is 54.2 cm³/mol. The number of nitrogens with one attached hydrogen (secondary N) is 2. The van der Waals surface area contributed by atoms with Crippen LogP contribution in [0.4, 0.5) is 4.79 Å². The van der Waals surface area contributed by atoms with Gasteiger partial charge >= 0.3 is 12.1 Å². The van der Waals surface area contributed by atoms with Gasteiger partial charge in [0.05, 0.1) is 0 Å². The highest BCUT2D eigenvalue weighted by molar-refractivity contribution is 6.34. The standard InChI is InChI=1S/C9H16N2O4/c1-9(2,3)15-8(14)11-5-4-6(10)7(12)13/h10H,4-5H2,1-3H3,(H,11,14)(H,12,13). The smallest absolute Gasteiger partial charge is 0.407 e. The summed E-state index contributed by atoms with van der Waals surface area (Å²) in [7, 11) is 0. The van der Waals surface area contributed by atoms with Gasteiger partial charge in [0.15, 0.2) is 0 Å². The van der Waals surface area contributed by atoms with Crippen molar-refractivity contribution in [3.8, 4) is 0 Å². The first-order valence-electron chi connectivity index (χ1n) is 4.50. The zero-order valence-corrected chi connectivity index (χ0v) is 9.09. The number of carbonyl (C=O) groups excluding carboxylic acids is 1. The number of hydrogen-bond donors (Lipinski definition) is 3. The van der Waals surface area contributed by atoms with Gasteiger partial charge < -0.3 is 15.2 Å². The molecule has 0 aliphatic rings. The summed E-state index contributed by atoms with van der Waals surface area (Å²) in [6.07, 6.45) is -0.630. The lowest BCUT2D eigenvalue weighted by Gasteiger charge is -2.19. The number of carboxylic acid groups (broad SMARTS) is 1. The van der Waals surface area contributed by atoms with E-state index in [-0.39, 0.29) is 13.0 Å². The lowest BCUT2D eigenvalue weighted by atomic mass is 10.2. The second-order valence-corrected chi connectivity index (χ2v) is 3.96.